The highest BCUT2D eigenvalue weighted by Crippen LogP contribution is 2.26. The SMILES string of the molecule is Cc1ccccc1-c1nn(-c2ccccc2)cc1C(=O)NNC(=O)C(C)Oc1ccccc1F. The summed E-state index contributed by atoms with van der Waals surface area (Å²) in [5.41, 5.74) is 8.03. The number of aryl methyl sites for hydroxylation is 1. The van der Waals surface area contributed by atoms with Crippen LogP contribution in [0.3, 0.4) is 0 Å². The molecule has 0 saturated carbocycles. The second-order valence-corrected chi connectivity index (χ2v) is 7.62. The Kier molecular flexibility index (Phi) is 6.68. The van der Waals surface area contributed by atoms with Gasteiger partial charge in [-0.25, -0.2) is 9.07 Å². The Labute approximate surface area is 196 Å². The van der Waals surface area contributed by atoms with Gasteiger partial charge >= 0.3 is 0 Å². The number of hydrogen-bond donors (Lipinski definition) is 2. The predicted octanol–water partition coefficient (Wildman–Crippen LogP) is 4.22. The predicted molar refractivity (Wildman–Crippen MR) is 126 cm³/mol. The van der Waals surface area contributed by atoms with Crippen LogP contribution in [-0.4, -0.2) is 27.7 Å². The van der Waals surface area contributed by atoms with Crippen LogP contribution in [-0.2, 0) is 4.79 Å². The van der Waals surface area contributed by atoms with Gasteiger partial charge in [-0.05, 0) is 43.7 Å². The molecule has 2 N–H and O–H groups in total. The van der Waals surface area contributed by atoms with Crippen LogP contribution in [0.1, 0.15) is 22.8 Å². The summed E-state index contributed by atoms with van der Waals surface area (Å²) >= 11 is 0. The van der Waals surface area contributed by atoms with Crippen LogP contribution in [0.15, 0.2) is 85.1 Å². The molecule has 0 spiro atoms. The van der Waals surface area contributed by atoms with Crippen molar-refractivity contribution in [2.24, 2.45) is 0 Å². The molecular weight excluding hydrogens is 435 g/mol. The molecule has 0 aliphatic rings. The van der Waals surface area contributed by atoms with Gasteiger partial charge in [0.15, 0.2) is 17.7 Å². The fourth-order valence-electron chi connectivity index (χ4n) is 3.36. The van der Waals surface area contributed by atoms with Crippen LogP contribution in [0.2, 0.25) is 0 Å². The van der Waals surface area contributed by atoms with Gasteiger partial charge in [0.05, 0.1) is 11.3 Å². The number of amides is 2. The van der Waals surface area contributed by atoms with Crippen molar-refractivity contribution in [1.29, 1.82) is 0 Å². The molecule has 34 heavy (non-hydrogen) atoms. The van der Waals surface area contributed by atoms with Crippen LogP contribution < -0.4 is 15.6 Å². The molecule has 0 bridgehead atoms. The van der Waals surface area contributed by atoms with Crippen molar-refractivity contribution in [3.63, 3.8) is 0 Å². The Morgan fingerprint density at radius 3 is 2.35 bits per heavy atom. The van der Waals surface area contributed by atoms with Crippen LogP contribution >= 0.6 is 0 Å². The van der Waals surface area contributed by atoms with Crippen LogP contribution in [0.25, 0.3) is 16.9 Å². The third kappa shape index (κ3) is 4.96. The van der Waals surface area contributed by atoms with Gasteiger partial charge in [-0.1, -0.05) is 54.6 Å². The minimum atomic E-state index is -1.04. The summed E-state index contributed by atoms with van der Waals surface area (Å²) in [7, 11) is 0. The van der Waals surface area contributed by atoms with Crippen molar-refractivity contribution >= 4 is 11.8 Å². The first kappa shape index (κ1) is 22.7. The highest BCUT2D eigenvalue weighted by molar-refractivity contribution is 6.01. The summed E-state index contributed by atoms with van der Waals surface area (Å²) < 4.78 is 20.8. The second-order valence-electron chi connectivity index (χ2n) is 7.62. The third-order valence-corrected chi connectivity index (χ3v) is 5.19. The number of ether oxygens (including phenoxy) is 1. The van der Waals surface area contributed by atoms with E-state index >= 15 is 0 Å². The van der Waals surface area contributed by atoms with Crippen molar-refractivity contribution in [2.45, 2.75) is 20.0 Å². The molecule has 8 heteroatoms. The number of hydrazine groups is 1. The first-order valence-corrected chi connectivity index (χ1v) is 10.7. The molecule has 4 rings (SSSR count). The maximum Gasteiger partial charge on any atom is 0.279 e. The number of halogens is 1. The quantitative estimate of drug-likeness (QED) is 0.424. The van der Waals surface area contributed by atoms with Gasteiger partial charge in [0.1, 0.15) is 5.69 Å². The van der Waals surface area contributed by atoms with Gasteiger partial charge in [-0.3, -0.25) is 20.4 Å². The number of carbonyl (C=O) groups is 2. The number of para-hydroxylation sites is 2. The maximum absolute atomic E-state index is 13.8. The van der Waals surface area contributed by atoms with E-state index in [1.165, 1.54) is 25.1 Å². The lowest BCUT2D eigenvalue weighted by atomic mass is 10.0. The lowest BCUT2D eigenvalue weighted by Crippen LogP contribution is -2.47. The van der Waals surface area contributed by atoms with Crippen LogP contribution in [0.4, 0.5) is 4.39 Å². The molecule has 172 valence electrons. The molecule has 1 unspecified atom stereocenters. The van der Waals surface area contributed by atoms with E-state index in [0.717, 1.165) is 16.8 Å². The molecule has 0 saturated heterocycles. The van der Waals surface area contributed by atoms with E-state index in [9.17, 15) is 14.0 Å². The number of nitrogens with one attached hydrogen (secondary N) is 2. The van der Waals surface area contributed by atoms with Crippen molar-refractivity contribution in [3.05, 3.63) is 102 Å². The number of rotatable bonds is 6. The fourth-order valence-corrected chi connectivity index (χ4v) is 3.36. The van der Waals surface area contributed by atoms with Gasteiger partial charge in [-0.15, -0.1) is 0 Å². The Balaban J connectivity index is 1.54. The topological polar surface area (TPSA) is 85.3 Å². The van der Waals surface area contributed by atoms with Gasteiger partial charge in [0.25, 0.3) is 11.8 Å². The lowest BCUT2D eigenvalue weighted by molar-refractivity contribution is -0.128. The molecule has 4 aromatic rings. The van der Waals surface area contributed by atoms with Crippen LogP contribution in [0.5, 0.6) is 5.75 Å². The Bertz CT molecular complexity index is 1320. The zero-order valence-corrected chi connectivity index (χ0v) is 18.7. The Hall–Kier alpha value is -4.46. The van der Waals surface area contributed by atoms with Gasteiger partial charge in [-0.2, -0.15) is 5.10 Å². The number of nitrogens with zero attached hydrogens (tertiary/aromatic N) is 2. The average molecular weight is 458 g/mol. The first-order chi connectivity index (χ1) is 16.4. The lowest BCUT2D eigenvalue weighted by Gasteiger charge is -2.15. The summed E-state index contributed by atoms with van der Waals surface area (Å²) in [6.45, 7) is 3.39. The van der Waals surface area contributed by atoms with Gasteiger partial charge in [0.2, 0.25) is 0 Å². The molecule has 0 radical (unpaired) electrons. The Morgan fingerprint density at radius 2 is 1.62 bits per heavy atom. The number of benzene rings is 3. The number of hydrogen-bond acceptors (Lipinski definition) is 4. The molecule has 1 atom stereocenters. The first-order valence-electron chi connectivity index (χ1n) is 10.7. The van der Waals surface area contributed by atoms with Gasteiger partial charge in [0, 0.05) is 11.8 Å². The number of aromatic nitrogens is 2. The van der Waals surface area contributed by atoms with Crippen molar-refractivity contribution in [1.82, 2.24) is 20.6 Å². The van der Waals surface area contributed by atoms with E-state index in [4.69, 9.17) is 4.74 Å². The molecule has 0 fully saturated rings. The zero-order chi connectivity index (χ0) is 24.1. The fraction of sp³-hybridized carbons (Fsp3) is 0.115. The highest BCUT2D eigenvalue weighted by Gasteiger charge is 2.22. The summed E-state index contributed by atoms with van der Waals surface area (Å²) in [5.74, 6) is -1.82. The second kappa shape index (κ2) is 9.99. The van der Waals surface area contributed by atoms with Crippen molar-refractivity contribution in [2.75, 3.05) is 0 Å². The van der Waals surface area contributed by atoms with E-state index in [1.807, 2.05) is 61.5 Å². The van der Waals surface area contributed by atoms with E-state index < -0.39 is 23.7 Å². The van der Waals surface area contributed by atoms with E-state index in [-0.39, 0.29) is 11.3 Å². The molecule has 0 aliphatic heterocycles. The zero-order valence-electron chi connectivity index (χ0n) is 18.7. The minimum absolute atomic E-state index is 0.0533. The monoisotopic (exact) mass is 458 g/mol. The van der Waals surface area contributed by atoms with E-state index in [2.05, 4.69) is 16.0 Å². The molecule has 0 aliphatic carbocycles. The highest BCUT2D eigenvalue weighted by atomic mass is 19.1. The smallest absolute Gasteiger partial charge is 0.279 e. The summed E-state index contributed by atoms with van der Waals surface area (Å²) in [5, 5.41) is 4.64. The molecule has 1 heterocycles. The standard InChI is InChI=1S/C26H23FN4O3/c1-17-10-6-7-13-20(17)24-21(16-31(30-24)19-11-4-3-5-12-19)26(33)29-28-25(32)18(2)34-23-15-9-8-14-22(23)27/h3-16,18H,1-2H3,(H,28,32)(H,29,33). The molecule has 2 amide bonds. The third-order valence-electron chi connectivity index (χ3n) is 5.19. The van der Waals surface area contributed by atoms with Gasteiger partial charge < -0.3 is 4.74 Å². The number of carbonyl (C=O) groups excluding carboxylic acids is 2. The Morgan fingerprint density at radius 1 is 0.941 bits per heavy atom. The van der Waals surface area contributed by atoms with Crippen molar-refractivity contribution < 1.29 is 18.7 Å². The molecule has 7 nitrogen and oxygen atoms in total. The summed E-state index contributed by atoms with van der Waals surface area (Å²) in [6, 6.07) is 22.8. The molecule has 1 aromatic heterocycles. The summed E-state index contributed by atoms with van der Waals surface area (Å²) in [4.78, 5) is 25.5. The van der Waals surface area contributed by atoms with Crippen molar-refractivity contribution in [3.8, 4) is 22.7 Å². The molecular formula is C26H23FN4O3. The maximum atomic E-state index is 13.8. The summed E-state index contributed by atoms with van der Waals surface area (Å²) in [6.07, 6.45) is 0.567. The van der Waals surface area contributed by atoms with E-state index in [0.29, 0.717) is 5.69 Å². The molecule has 3 aromatic carbocycles. The average Bonchev–Trinajstić information content (AvgIpc) is 3.30. The minimum Gasteiger partial charge on any atom is -0.478 e. The van der Waals surface area contributed by atoms with E-state index in [1.54, 1.807) is 16.9 Å². The largest absolute Gasteiger partial charge is 0.478 e. The normalized spacial score (nSPS) is 11.5. The van der Waals surface area contributed by atoms with Crippen LogP contribution in [0, 0.1) is 12.7 Å².